The van der Waals surface area contributed by atoms with Gasteiger partial charge in [0.05, 0.1) is 6.33 Å². The van der Waals surface area contributed by atoms with Gasteiger partial charge in [-0.25, -0.2) is 14.6 Å². The Morgan fingerprint density at radius 1 is 1.45 bits per heavy atom. The highest BCUT2D eigenvalue weighted by atomic mass is 16.4. The quantitative estimate of drug-likeness (QED) is 0.621. The number of hydrogen-bond acceptors (Lipinski definition) is 3. The fraction of sp³-hybridized carbons (Fsp3) is 0.615. The molecule has 1 heterocycles. The van der Waals surface area contributed by atoms with Crippen LogP contribution in [-0.4, -0.2) is 39.2 Å². The van der Waals surface area contributed by atoms with E-state index < -0.39 is 18.0 Å². The zero-order chi connectivity index (χ0) is 15.0. The summed E-state index contributed by atoms with van der Waals surface area (Å²) in [6.07, 6.45) is 6.71. The van der Waals surface area contributed by atoms with Gasteiger partial charge in [0, 0.05) is 25.5 Å². The first-order valence-electron chi connectivity index (χ1n) is 6.77. The largest absolute Gasteiger partial charge is 0.480 e. The molecule has 2 atom stereocenters. The maximum Gasteiger partial charge on any atom is 0.326 e. The Morgan fingerprint density at radius 2 is 2.20 bits per heavy atom. The van der Waals surface area contributed by atoms with Crippen molar-refractivity contribution in [3.05, 3.63) is 18.7 Å². The minimum atomic E-state index is -1.01. The molecular weight excluding hydrogens is 260 g/mol. The number of urea groups is 1. The van der Waals surface area contributed by atoms with Gasteiger partial charge < -0.3 is 20.3 Å². The van der Waals surface area contributed by atoms with E-state index in [9.17, 15) is 9.59 Å². The van der Waals surface area contributed by atoms with Crippen LogP contribution in [0.25, 0.3) is 0 Å². The number of nitrogens with zero attached hydrogens (tertiary/aromatic N) is 2. The maximum absolute atomic E-state index is 11.6. The number of amides is 2. The van der Waals surface area contributed by atoms with Crippen LogP contribution in [0.1, 0.15) is 26.7 Å². The number of carboxylic acids is 1. The highest BCUT2D eigenvalue weighted by molar-refractivity contribution is 5.82. The van der Waals surface area contributed by atoms with Crippen molar-refractivity contribution in [3.63, 3.8) is 0 Å². The van der Waals surface area contributed by atoms with Crippen molar-refractivity contribution in [2.45, 2.75) is 39.3 Å². The van der Waals surface area contributed by atoms with Crippen molar-refractivity contribution in [3.8, 4) is 0 Å². The Balaban J connectivity index is 2.26. The molecule has 112 valence electrons. The molecule has 3 N–H and O–H groups in total. The third kappa shape index (κ3) is 5.29. The lowest BCUT2D eigenvalue weighted by Crippen LogP contribution is -2.49. The lowest BCUT2D eigenvalue weighted by molar-refractivity contribution is -0.140. The molecule has 2 amide bonds. The van der Waals surface area contributed by atoms with E-state index in [0.29, 0.717) is 13.0 Å². The van der Waals surface area contributed by atoms with Crippen molar-refractivity contribution in [2.75, 3.05) is 6.54 Å². The van der Waals surface area contributed by atoms with Crippen LogP contribution in [0.2, 0.25) is 0 Å². The molecule has 0 fully saturated rings. The summed E-state index contributed by atoms with van der Waals surface area (Å²) < 4.78 is 1.92. The normalized spacial score (nSPS) is 13.5. The van der Waals surface area contributed by atoms with Gasteiger partial charge in [0.1, 0.15) is 6.04 Å². The van der Waals surface area contributed by atoms with Gasteiger partial charge in [-0.1, -0.05) is 20.3 Å². The van der Waals surface area contributed by atoms with E-state index in [-0.39, 0.29) is 5.92 Å². The SMILES string of the molecule is CCC(C)C(NC(=O)NCCCn1ccnc1)C(=O)O. The lowest BCUT2D eigenvalue weighted by atomic mass is 9.99. The van der Waals surface area contributed by atoms with Crippen LogP contribution in [0, 0.1) is 5.92 Å². The third-order valence-corrected chi connectivity index (χ3v) is 3.20. The summed E-state index contributed by atoms with van der Waals surface area (Å²) in [6, 6.07) is -1.29. The smallest absolute Gasteiger partial charge is 0.326 e. The molecule has 0 saturated heterocycles. The third-order valence-electron chi connectivity index (χ3n) is 3.20. The number of aromatic nitrogens is 2. The van der Waals surface area contributed by atoms with Crippen molar-refractivity contribution >= 4 is 12.0 Å². The molecule has 2 unspecified atom stereocenters. The zero-order valence-electron chi connectivity index (χ0n) is 11.9. The second-order valence-corrected chi connectivity index (χ2v) is 4.76. The Bertz CT molecular complexity index is 419. The summed E-state index contributed by atoms with van der Waals surface area (Å²) in [5.41, 5.74) is 0. The molecule has 1 aromatic rings. The van der Waals surface area contributed by atoms with E-state index in [0.717, 1.165) is 13.0 Å². The number of nitrogens with one attached hydrogen (secondary N) is 2. The van der Waals surface area contributed by atoms with Crippen molar-refractivity contribution < 1.29 is 14.7 Å². The molecule has 0 bridgehead atoms. The van der Waals surface area contributed by atoms with E-state index >= 15 is 0 Å². The van der Waals surface area contributed by atoms with Crippen molar-refractivity contribution in [1.29, 1.82) is 0 Å². The summed E-state index contributed by atoms with van der Waals surface area (Å²) in [4.78, 5) is 26.6. The van der Waals surface area contributed by atoms with E-state index in [2.05, 4.69) is 15.6 Å². The monoisotopic (exact) mass is 282 g/mol. The van der Waals surface area contributed by atoms with Crippen LogP contribution in [0.5, 0.6) is 0 Å². The minimum absolute atomic E-state index is 0.107. The van der Waals surface area contributed by atoms with E-state index in [1.807, 2.05) is 17.7 Å². The highest BCUT2D eigenvalue weighted by Gasteiger charge is 2.24. The van der Waals surface area contributed by atoms with Gasteiger partial charge in [-0.3, -0.25) is 0 Å². The summed E-state index contributed by atoms with van der Waals surface area (Å²) in [7, 11) is 0. The van der Waals surface area contributed by atoms with Crippen LogP contribution in [0.4, 0.5) is 4.79 Å². The number of imidazole rings is 1. The lowest BCUT2D eigenvalue weighted by Gasteiger charge is -2.20. The van der Waals surface area contributed by atoms with E-state index in [1.54, 1.807) is 19.4 Å². The summed E-state index contributed by atoms with van der Waals surface area (Å²) in [5.74, 6) is -1.11. The average molecular weight is 282 g/mol. The minimum Gasteiger partial charge on any atom is -0.480 e. The van der Waals surface area contributed by atoms with Gasteiger partial charge >= 0.3 is 12.0 Å². The predicted octanol–water partition coefficient (Wildman–Crippen LogP) is 1.07. The second kappa shape index (κ2) is 8.19. The summed E-state index contributed by atoms with van der Waals surface area (Å²) in [5, 5.41) is 14.2. The molecule has 0 aromatic carbocycles. The second-order valence-electron chi connectivity index (χ2n) is 4.76. The fourth-order valence-corrected chi connectivity index (χ4v) is 1.76. The molecule has 20 heavy (non-hydrogen) atoms. The van der Waals surface area contributed by atoms with Crippen molar-refractivity contribution in [2.24, 2.45) is 5.92 Å². The molecule has 1 aromatic heterocycles. The number of aryl methyl sites for hydroxylation is 1. The molecule has 1 rings (SSSR count). The van der Waals surface area contributed by atoms with Crippen LogP contribution < -0.4 is 10.6 Å². The van der Waals surface area contributed by atoms with Crippen LogP contribution in [-0.2, 0) is 11.3 Å². The molecule has 0 radical (unpaired) electrons. The molecule has 0 saturated carbocycles. The standard InChI is InChI=1S/C13H22N4O3/c1-3-10(2)11(12(18)19)16-13(20)15-5-4-7-17-8-6-14-9-17/h6,8-11H,3-5,7H2,1-2H3,(H,18,19)(H2,15,16,20). The molecule has 0 spiro atoms. The van der Waals surface area contributed by atoms with Crippen LogP contribution in [0.15, 0.2) is 18.7 Å². The Hall–Kier alpha value is -2.05. The summed E-state index contributed by atoms with van der Waals surface area (Å²) in [6.45, 7) is 4.94. The topological polar surface area (TPSA) is 96.3 Å². The fourth-order valence-electron chi connectivity index (χ4n) is 1.76. The zero-order valence-corrected chi connectivity index (χ0v) is 11.9. The number of hydrogen-bond donors (Lipinski definition) is 3. The first-order chi connectivity index (χ1) is 9.54. The first-order valence-corrected chi connectivity index (χ1v) is 6.77. The Labute approximate surface area is 118 Å². The van der Waals surface area contributed by atoms with Gasteiger partial charge in [-0.05, 0) is 12.3 Å². The van der Waals surface area contributed by atoms with Crippen LogP contribution in [0.3, 0.4) is 0 Å². The summed E-state index contributed by atoms with van der Waals surface area (Å²) >= 11 is 0. The van der Waals surface area contributed by atoms with Gasteiger partial charge in [0.15, 0.2) is 0 Å². The molecular formula is C13H22N4O3. The molecule has 0 aliphatic carbocycles. The first kappa shape index (κ1) is 16.0. The van der Waals surface area contributed by atoms with Gasteiger partial charge in [0.25, 0.3) is 0 Å². The predicted molar refractivity (Wildman–Crippen MR) is 74.3 cm³/mol. The maximum atomic E-state index is 11.6. The Kier molecular flexibility index (Phi) is 6.55. The van der Waals surface area contributed by atoms with E-state index in [4.69, 9.17) is 5.11 Å². The Morgan fingerprint density at radius 3 is 2.75 bits per heavy atom. The molecule has 7 nitrogen and oxygen atoms in total. The number of carbonyl (C=O) groups is 2. The number of carboxylic acid groups (broad SMARTS) is 1. The van der Waals surface area contributed by atoms with Crippen molar-refractivity contribution in [1.82, 2.24) is 20.2 Å². The highest BCUT2D eigenvalue weighted by Crippen LogP contribution is 2.07. The number of carbonyl (C=O) groups excluding carboxylic acids is 1. The molecule has 0 aliphatic heterocycles. The average Bonchev–Trinajstić information content (AvgIpc) is 2.93. The number of aliphatic carboxylic acids is 1. The van der Waals surface area contributed by atoms with Crippen LogP contribution >= 0.6 is 0 Å². The van der Waals surface area contributed by atoms with Gasteiger partial charge in [-0.15, -0.1) is 0 Å². The van der Waals surface area contributed by atoms with Gasteiger partial charge in [-0.2, -0.15) is 0 Å². The molecule has 0 aliphatic rings. The van der Waals surface area contributed by atoms with E-state index in [1.165, 1.54) is 0 Å². The number of rotatable bonds is 8. The molecule has 7 heteroatoms. The van der Waals surface area contributed by atoms with Gasteiger partial charge in [0.2, 0.25) is 0 Å².